The summed E-state index contributed by atoms with van der Waals surface area (Å²) in [5.74, 6) is -0.648. The van der Waals surface area contributed by atoms with Crippen LogP contribution in [0, 0.1) is 11.2 Å². The first-order valence-corrected chi connectivity index (χ1v) is 5.13. The lowest BCUT2D eigenvalue weighted by atomic mass is 9.69. The van der Waals surface area contributed by atoms with Gasteiger partial charge in [-0.05, 0) is 37.6 Å². The number of carbonyl (C=O) groups is 1. The van der Waals surface area contributed by atoms with Crippen LogP contribution in [0.25, 0.3) is 0 Å². The van der Waals surface area contributed by atoms with Gasteiger partial charge in [0, 0.05) is 5.56 Å². The van der Waals surface area contributed by atoms with E-state index in [9.17, 15) is 14.3 Å². The van der Waals surface area contributed by atoms with E-state index in [4.69, 9.17) is 5.73 Å². The molecular formula is C12H14FNO2. The molecular weight excluding hydrogens is 209 g/mol. The van der Waals surface area contributed by atoms with Gasteiger partial charge in [0.15, 0.2) is 5.78 Å². The Labute approximate surface area is 93.1 Å². The molecule has 2 rings (SSSR count). The summed E-state index contributed by atoms with van der Waals surface area (Å²) in [7, 11) is 0. The smallest absolute Gasteiger partial charge is 0.171 e. The minimum Gasteiger partial charge on any atom is -0.390 e. The molecule has 0 radical (unpaired) electrons. The molecule has 0 aliphatic heterocycles. The van der Waals surface area contributed by atoms with Crippen LogP contribution in [0.2, 0.25) is 0 Å². The van der Waals surface area contributed by atoms with Gasteiger partial charge in [-0.25, -0.2) is 4.39 Å². The zero-order valence-corrected chi connectivity index (χ0v) is 9.20. The highest BCUT2D eigenvalue weighted by atomic mass is 19.1. The lowest BCUT2D eigenvalue weighted by molar-refractivity contribution is 0.0208. The van der Waals surface area contributed by atoms with E-state index in [0.717, 1.165) is 0 Å². The summed E-state index contributed by atoms with van der Waals surface area (Å²) in [6.45, 7) is 3.29. The number of hydrogen-bond donors (Lipinski definition) is 2. The molecule has 0 fully saturated rings. The Bertz CT molecular complexity index is 456. The van der Waals surface area contributed by atoms with E-state index in [1.54, 1.807) is 13.8 Å². The first-order chi connectivity index (χ1) is 7.35. The van der Waals surface area contributed by atoms with Gasteiger partial charge in [0.1, 0.15) is 5.82 Å². The average molecular weight is 223 g/mol. The van der Waals surface area contributed by atoms with Crippen LogP contribution in [-0.2, 0) is 0 Å². The molecule has 4 heteroatoms. The number of benzene rings is 1. The second-order valence-electron chi connectivity index (χ2n) is 4.75. The molecule has 0 aromatic heterocycles. The molecule has 1 aromatic carbocycles. The van der Waals surface area contributed by atoms with Crippen molar-refractivity contribution in [2.45, 2.75) is 26.0 Å². The number of halogens is 1. The molecule has 0 saturated heterocycles. The molecule has 0 heterocycles. The predicted molar refractivity (Wildman–Crippen MR) is 57.4 cm³/mol. The average Bonchev–Trinajstić information content (AvgIpc) is 2.24. The first-order valence-electron chi connectivity index (χ1n) is 5.13. The number of rotatable bonds is 0. The summed E-state index contributed by atoms with van der Waals surface area (Å²) in [5, 5.41) is 9.95. The van der Waals surface area contributed by atoms with Gasteiger partial charge < -0.3 is 10.8 Å². The Kier molecular flexibility index (Phi) is 2.36. The van der Waals surface area contributed by atoms with Crippen LogP contribution in [-0.4, -0.2) is 17.0 Å². The third kappa shape index (κ3) is 1.37. The van der Waals surface area contributed by atoms with Crippen molar-refractivity contribution in [2.75, 3.05) is 0 Å². The van der Waals surface area contributed by atoms with E-state index in [2.05, 4.69) is 0 Å². The third-order valence-electron chi connectivity index (χ3n) is 3.28. The topological polar surface area (TPSA) is 63.3 Å². The van der Waals surface area contributed by atoms with Crippen molar-refractivity contribution >= 4 is 5.78 Å². The van der Waals surface area contributed by atoms with Gasteiger partial charge in [0.05, 0.1) is 17.6 Å². The fourth-order valence-corrected chi connectivity index (χ4v) is 2.12. The zero-order valence-electron chi connectivity index (χ0n) is 9.20. The standard InChI is InChI=1S/C12H14FNO2/c1-12(2)10(15)7-4-3-6(13)5-8(7)9(14)11(12)16/h3-5,9,11,16H,14H2,1-2H3/t9-,11+/m1/s1. The van der Waals surface area contributed by atoms with Crippen molar-refractivity contribution in [1.29, 1.82) is 0 Å². The Morgan fingerprint density at radius 2 is 2.06 bits per heavy atom. The normalized spacial score (nSPS) is 27.7. The number of nitrogens with two attached hydrogens (primary N) is 1. The van der Waals surface area contributed by atoms with Crippen molar-refractivity contribution < 1.29 is 14.3 Å². The second-order valence-corrected chi connectivity index (χ2v) is 4.75. The van der Waals surface area contributed by atoms with Crippen molar-refractivity contribution in [3.8, 4) is 0 Å². The number of ketones is 1. The van der Waals surface area contributed by atoms with Gasteiger partial charge in [-0.1, -0.05) is 0 Å². The molecule has 0 amide bonds. The maximum absolute atomic E-state index is 13.1. The van der Waals surface area contributed by atoms with E-state index in [1.165, 1.54) is 18.2 Å². The van der Waals surface area contributed by atoms with Crippen LogP contribution < -0.4 is 5.73 Å². The minimum atomic E-state index is -0.991. The van der Waals surface area contributed by atoms with Gasteiger partial charge in [-0.2, -0.15) is 0 Å². The molecule has 86 valence electrons. The summed E-state index contributed by atoms with van der Waals surface area (Å²) < 4.78 is 13.1. The SMILES string of the molecule is CC1(C)C(=O)c2ccc(F)cc2[C@@H](N)[C@@H]1O. The summed E-state index contributed by atoms with van der Waals surface area (Å²) in [6, 6.07) is 3.16. The summed E-state index contributed by atoms with van der Waals surface area (Å²) in [4.78, 5) is 12.1. The monoisotopic (exact) mass is 223 g/mol. The molecule has 0 saturated carbocycles. The van der Waals surface area contributed by atoms with Gasteiger partial charge in [0.2, 0.25) is 0 Å². The lowest BCUT2D eigenvalue weighted by Gasteiger charge is -2.38. The van der Waals surface area contributed by atoms with Gasteiger partial charge in [-0.3, -0.25) is 4.79 Å². The molecule has 16 heavy (non-hydrogen) atoms. The van der Waals surface area contributed by atoms with Crippen LogP contribution >= 0.6 is 0 Å². The van der Waals surface area contributed by atoms with E-state index in [1.807, 2.05) is 0 Å². The zero-order chi connectivity index (χ0) is 12.1. The Morgan fingerprint density at radius 3 is 2.69 bits per heavy atom. The fraction of sp³-hybridized carbons (Fsp3) is 0.417. The van der Waals surface area contributed by atoms with E-state index in [-0.39, 0.29) is 5.78 Å². The van der Waals surface area contributed by atoms with E-state index >= 15 is 0 Å². The number of carbonyl (C=O) groups excluding carboxylic acids is 1. The van der Waals surface area contributed by atoms with Crippen LogP contribution in [0.3, 0.4) is 0 Å². The summed E-state index contributed by atoms with van der Waals surface area (Å²) in [6.07, 6.45) is -0.991. The highest BCUT2D eigenvalue weighted by Crippen LogP contribution is 2.39. The predicted octanol–water partition coefficient (Wildman–Crippen LogP) is 1.41. The molecule has 1 aliphatic carbocycles. The van der Waals surface area contributed by atoms with Crippen LogP contribution in [0.4, 0.5) is 4.39 Å². The summed E-state index contributed by atoms with van der Waals surface area (Å²) in [5.41, 5.74) is 5.69. The molecule has 0 bridgehead atoms. The van der Waals surface area contributed by atoms with Crippen molar-refractivity contribution in [3.63, 3.8) is 0 Å². The van der Waals surface area contributed by atoms with Gasteiger partial charge in [-0.15, -0.1) is 0 Å². The number of aliphatic hydroxyl groups excluding tert-OH is 1. The molecule has 0 unspecified atom stereocenters. The number of fused-ring (bicyclic) bond motifs is 1. The Morgan fingerprint density at radius 1 is 1.44 bits per heavy atom. The maximum Gasteiger partial charge on any atom is 0.171 e. The van der Waals surface area contributed by atoms with Crippen molar-refractivity contribution in [1.82, 2.24) is 0 Å². The van der Waals surface area contributed by atoms with Gasteiger partial charge in [0.25, 0.3) is 0 Å². The van der Waals surface area contributed by atoms with Crippen LogP contribution in [0.5, 0.6) is 0 Å². The summed E-state index contributed by atoms with van der Waals surface area (Å²) >= 11 is 0. The largest absolute Gasteiger partial charge is 0.390 e. The molecule has 0 spiro atoms. The number of Topliss-reactive ketones (excluding diaryl/α,β-unsaturated/α-hetero) is 1. The quantitative estimate of drug-likeness (QED) is 0.699. The second kappa shape index (κ2) is 3.37. The van der Waals surface area contributed by atoms with Gasteiger partial charge >= 0.3 is 0 Å². The van der Waals surface area contributed by atoms with Crippen LogP contribution in [0.1, 0.15) is 35.8 Å². The molecule has 1 aromatic rings. The highest BCUT2D eigenvalue weighted by molar-refractivity contribution is 6.03. The third-order valence-corrected chi connectivity index (χ3v) is 3.28. The maximum atomic E-state index is 13.1. The molecule has 3 nitrogen and oxygen atoms in total. The highest BCUT2D eigenvalue weighted by Gasteiger charge is 2.45. The van der Waals surface area contributed by atoms with Crippen molar-refractivity contribution in [2.24, 2.45) is 11.1 Å². The van der Waals surface area contributed by atoms with Crippen LogP contribution in [0.15, 0.2) is 18.2 Å². The molecule has 2 atom stereocenters. The fourth-order valence-electron chi connectivity index (χ4n) is 2.12. The molecule has 1 aliphatic rings. The first kappa shape index (κ1) is 11.2. The lowest BCUT2D eigenvalue weighted by Crippen LogP contribution is -2.48. The van der Waals surface area contributed by atoms with Crippen molar-refractivity contribution in [3.05, 3.63) is 35.1 Å². The Balaban J connectivity index is 2.64. The Hall–Kier alpha value is -1.26. The molecule has 3 N–H and O–H groups in total. The number of aliphatic hydroxyl groups is 1. The van der Waals surface area contributed by atoms with E-state index in [0.29, 0.717) is 11.1 Å². The minimum absolute atomic E-state index is 0.197. The number of hydrogen-bond acceptors (Lipinski definition) is 3. The van der Waals surface area contributed by atoms with E-state index < -0.39 is 23.4 Å².